The lowest BCUT2D eigenvalue weighted by molar-refractivity contribution is 0.309. The summed E-state index contributed by atoms with van der Waals surface area (Å²) in [5.74, 6) is 0.937. The minimum Gasteiger partial charge on any atom is -0.488 e. The first-order valence-corrected chi connectivity index (χ1v) is 7.63. The first-order chi connectivity index (χ1) is 9.31. The van der Waals surface area contributed by atoms with Gasteiger partial charge in [0.15, 0.2) is 0 Å². The molecule has 102 valence electrons. The van der Waals surface area contributed by atoms with E-state index in [0.29, 0.717) is 6.61 Å². The van der Waals surface area contributed by atoms with E-state index in [1.807, 2.05) is 23.5 Å². The third-order valence-electron chi connectivity index (χ3n) is 2.95. The van der Waals surface area contributed by atoms with Crippen LogP contribution in [0.1, 0.15) is 29.2 Å². The predicted molar refractivity (Wildman–Crippen MR) is 81.9 cm³/mol. The van der Waals surface area contributed by atoms with Gasteiger partial charge in [-0.3, -0.25) is 0 Å². The zero-order chi connectivity index (χ0) is 13.5. The first-order valence-electron chi connectivity index (χ1n) is 6.82. The molecule has 2 nitrogen and oxygen atoms in total. The van der Waals surface area contributed by atoms with E-state index in [1.54, 1.807) is 0 Å². The summed E-state index contributed by atoms with van der Waals surface area (Å²) in [6, 6.07) is 12.7. The van der Waals surface area contributed by atoms with Gasteiger partial charge >= 0.3 is 0 Å². The van der Waals surface area contributed by atoms with Gasteiger partial charge in [-0.05, 0) is 42.8 Å². The molecule has 3 heteroatoms. The molecule has 0 aliphatic carbocycles. The van der Waals surface area contributed by atoms with Gasteiger partial charge < -0.3 is 10.1 Å². The highest BCUT2D eigenvalue weighted by Gasteiger charge is 2.00. The van der Waals surface area contributed by atoms with Crippen LogP contribution >= 0.6 is 11.3 Å². The highest BCUT2D eigenvalue weighted by atomic mass is 32.1. The SMILES string of the molecule is CCNCc1ccc(OCc2ccc(CC)s2)cc1. The monoisotopic (exact) mass is 275 g/mol. The van der Waals surface area contributed by atoms with Crippen molar-refractivity contribution in [3.8, 4) is 5.75 Å². The van der Waals surface area contributed by atoms with Crippen LogP contribution in [-0.4, -0.2) is 6.54 Å². The number of rotatable bonds is 7. The molecule has 1 N–H and O–H groups in total. The van der Waals surface area contributed by atoms with Crippen LogP contribution in [0.2, 0.25) is 0 Å². The maximum Gasteiger partial charge on any atom is 0.122 e. The maximum absolute atomic E-state index is 5.80. The summed E-state index contributed by atoms with van der Waals surface area (Å²) < 4.78 is 5.80. The lowest BCUT2D eigenvalue weighted by atomic mass is 10.2. The van der Waals surface area contributed by atoms with Gasteiger partial charge in [0, 0.05) is 16.3 Å². The van der Waals surface area contributed by atoms with Crippen molar-refractivity contribution >= 4 is 11.3 Å². The van der Waals surface area contributed by atoms with E-state index in [9.17, 15) is 0 Å². The molecule has 0 aliphatic rings. The molecular formula is C16H21NOS. The van der Waals surface area contributed by atoms with E-state index < -0.39 is 0 Å². The number of nitrogens with one attached hydrogen (secondary N) is 1. The molecule has 0 spiro atoms. The number of benzene rings is 1. The van der Waals surface area contributed by atoms with Crippen molar-refractivity contribution in [1.29, 1.82) is 0 Å². The zero-order valence-corrected chi connectivity index (χ0v) is 12.4. The lowest BCUT2D eigenvalue weighted by Crippen LogP contribution is -2.11. The third kappa shape index (κ3) is 4.37. The Hall–Kier alpha value is -1.32. The molecular weight excluding hydrogens is 254 g/mol. The quantitative estimate of drug-likeness (QED) is 0.824. The molecule has 19 heavy (non-hydrogen) atoms. The molecule has 0 amide bonds. The summed E-state index contributed by atoms with van der Waals surface area (Å²) in [6.07, 6.45) is 1.10. The smallest absolute Gasteiger partial charge is 0.122 e. The number of hydrogen-bond donors (Lipinski definition) is 1. The highest BCUT2D eigenvalue weighted by molar-refractivity contribution is 7.11. The van der Waals surface area contributed by atoms with Crippen LogP contribution in [0.4, 0.5) is 0 Å². The fraction of sp³-hybridized carbons (Fsp3) is 0.375. The summed E-state index contributed by atoms with van der Waals surface area (Å²) >= 11 is 1.83. The largest absolute Gasteiger partial charge is 0.488 e. The summed E-state index contributed by atoms with van der Waals surface area (Å²) in [4.78, 5) is 2.70. The second-order valence-electron chi connectivity index (χ2n) is 4.43. The minimum absolute atomic E-state index is 0.664. The van der Waals surface area contributed by atoms with E-state index in [2.05, 4.69) is 43.4 Å². The van der Waals surface area contributed by atoms with Crippen LogP contribution in [0.25, 0.3) is 0 Å². The fourth-order valence-electron chi connectivity index (χ4n) is 1.82. The van der Waals surface area contributed by atoms with Gasteiger partial charge in [-0.15, -0.1) is 11.3 Å². The van der Waals surface area contributed by atoms with Gasteiger partial charge in [0.25, 0.3) is 0 Å². The lowest BCUT2D eigenvalue weighted by Gasteiger charge is -2.06. The molecule has 0 fully saturated rings. The van der Waals surface area contributed by atoms with Crippen LogP contribution in [0.3, 0.4) is 0 Å². The number of thiophene rings is 1. The predicted octanol–water partition coefficient (Wildman–Crippen LogP) is 4.00. The molecule has 0 saturated heterocycles. The van der Waals surface area contributed by atoms with E-state index in [1.165, 1.54) is 15.3 Å². The summed E-state index contributed by atoms with van der Waals surface area (Å²) in [7, 11) is 0. The van der Waals surface area contributed by atoms with E-state index in [-0.39, 0.29) is 0 Å². The summed E-state index contributed by atoms with van der Waals surface area (Å²) in [5.41, 5.74) is 1.29. The Balaban J connectivity index is 1.85. The second kappa shape index (κ2) is 7.31. The Morgan fingerprint density at radius 2 is 1.74 bits per heavy atom. The normalized spacial score (nSPS) is 10.6. The van der Waals surface area contributed by atoms with Gasteiger partial charge in [0.1, 0.15) is 12.4 Å². The molecule has 2 rings (SSSR count). The van der Waals surface area contributed by atoms with E-state index in [0.717, 1.165) is 25.3 Å². The van der Waals surface area contributed by atoms with Crippen LogP contribution in [0.15, 0.2) is 36.4 Å². The summed E-state index contributed by atoms with van der Waals surface area (Å²) in [5, 5.41) is 3.31. The average Bonchev–Trinajstić information content (AvgIpc) is 2.92. The molecule has 0 aliphatic heterocycles. The molecule has 2 aromatic rings. The molecule has 0 radical (unpaired) electrons. The average molecular weight is 275 g/mol. The van der Waals surface area contributed by atoms with Crippen molar-refractivity contribution in [2.45, 2.75) is 33.4 Å². The fourth-order valence-corrected chi connectivity index (χ4v) is 2.69. The number of ether oxygens (including phenoxy) is 1. The molecule has 1 heterocycles. The van der Waals surface area contributed by atoms with Gasteiger partial charge in [-0.25, -0.2) is 0 Å². The molecule has 0 atom stereocenters. The topological polar surface area (TPSA) is 21.3 Å². The van der Waals surface area contributed by atoms with Crippen molar-refractivity contribution in [2.24, 2.45) is 0 Å². The molecule has 0 unspecified atom stereocenters. The Kier molecular flexibility index (Phi) is 5.43. The minimum atomic E-state index is 0.664. The van der Waals surface area contributed by atoms with Crippen molar-refractivity contribution in [3.63, 3.8) is 0 Å². The summed E-state index contributed by atoms with van der Waals surface area (Å²) in [6.45, 7) is 6.87. The Bertz CT molecular complexity index is 490. The molecule has 1 aromatic heterocycles. The molecule has 1 aromatic carbocycles. The van der Waals surface area contributed by atoms with Crippen LogP contribution in [-0.2, 0) is 19.6 Å². The third-order valence-corrected chi connectivity index (χ3v) is 4.15. The zero-order valence-electron chi connectivity index (χ0n) is 11.6. The first kappa shape index (κ1) is 14.1. The highest BCUT2D eigenvalue weighted by Crippen LogP contribution is 2.20. The van der Waals surface area contributed by atoms with E-state index >= 15 is 0 Å². The number of hydrogen-bond acceptors (Lipinski definition) is 3. The van der Waals surface area contributed by atoms with Crippen molar-refractivity contribution < 1.29 is 4.74 Å². The van der Waals surface area contributed by atoms with Crippen LogP contribution in [0.5, 0.6) is 5.75 Å². The Morgan fingerprint density at radius 1 is 1.00 bits per heavy atom. The number of aryl methyl sites for hydroxylation is 1. The van der Waals surface area contributed by atoms with Crippen molar-refractivity contribution in [1.82, 2.24) is 5.32 Å². The van der Waals surface area contributed by atoms with Crippen LogP contribution in [0, 0.1) is 0 Å². The van der Waals surface area contributed by atoms with Crippen LogP contribution < -0.4 is 10.1 Å². The molecule has 0 saturated carbocycles. The Morgan fingerprint density at radius 3 is 2.37 bits per heavy atom. The van der Waals surface area contributed by atoms with Crippen molar-refractivity contribution in [3.05, 3.63) is 51.7 Å². The maximum atomic E-state index is 5.80. The van der Waals surface area contributed by atoms with Gasteiger partial charge in [0.05, 0.1) is 0 Å². The van der Waals surface area contributed by atoms with Gasteiger partial charge in [-0.1, -0.05) is 26.0 Å². The van der Waals surface area contributed by atoms with Gasteiger partial charge in [0.2, 0.25) is 0 Å². The standard InChI is InChI=1S/C16H21NOS/c1-3-15-9-10-16(19-15)12-18-14-7-5-13(6-8-14)11-17-4-2/h5-10,17H,3-4,11-12H2,1-2H3. The molecule has 0 bridgehead atoms. The second-order valence-corrected chi connectivity index (χ2v) is 5.69. The Labute approximate surface area is 119 Å². The van der Waals surface area contributed by atoms with E-state index in [4.69, 9.17) is 4.74 Å². The van der Waals surface area contributed by atoms with Crippen molar-refractivity contribution in [2.75, 3.05) is 6.54 Å². The van der Waals surface area contributed by atoms with Gasteiger partial charge in [-0.2, -0.15) is 0 Å².